The lowest BCUT2D eigenvalue weighted by molar-refractivity contribution is -0.153. The van der Waals surface area contributed by atoms with Gasteiger partial charge in [-0.3, -0.25) is 19.2 Å². The molecule has 1 unspecified atom stereocenters. The molecular weight excluding hydrogens is 677 g/mol. The van der Waals surface area contributed by atoms with E-state index < -0.39 is 17.9 Å². The van der Waals surface area contributed by atoms with Crippen LogP contribution < -0.4 is 10.2 Å². The summed E-state index contributed by atoms with van der Waals surface area (Å²) in [5, 5.41) is 12.3. The maximum absolute atomic E-state index is 13.5. The number of carboxylic acid groups (broad SMARTS) is 1. The van der Waals surface area contributed by atoms with Crippen molar-refractivity contribution in [3.8, 4) is 11.4 Å². The normalized spacial score (nSPS) is 19.3. The van der Waals surface area contributed by atoms with E-state index in [1.54, 1.807) is 6.07 Å². The summed E-state index contributed by atoms with van der Waals surface area (Å²) >= 11 is 1.41. The Morgan fingerprint density at radius 2 is 1.67 bits per heavy atom. The summed E-state index contributed by atoms with van der Waals surface area (Å²) in [6.45, 7) is 11.4. The van der Waals surface area contributed by atoms with E-state index in [1.807, 2.05) is 42.7 Å². The summed E-state index contributed by atoms with van der Waals surface area (Å²) < 4.78 is 0. The van der Waals surface area contributed by atoms with Gasteiger partial charge in [-0.05, 0) is 54.7 Å². The number of carboxylic acids is 1. The maximum Gasteiger partial charge on any atom is 0.310 e. The lowest BCUT2D eigenvalue weighted by Crippen LogP contribution is -2.59. The van der Waals surface area contributed by atoms with Crippen LogP contribution >= 0.6 is 11.3 Å². The Balaban J connectivity index is 1.05. The SMILES string of the molecule is CCCCC1CCN(C2CCN(c3cnc(-c4ccc(C[C@H](NC(=O)c5ccc(C(C)(C)C)s5)C(=O)N5CC(C(=O)O)C5)cc4)nc3)CC2)C(=O)C1. The number of aliphatic carboxylic acids is 1. The number of benzene rings is 1. The first-order chi connectivity index (χ1) is 24.9. The minimum atomic E-state index is -0.922. The van der Waals surface area contributed by atoms with Crippen molar-refractivity contribution in [2.75, 3.05) is 37.6 Å². The van der Waals surface area contributed by atoms with E-state index in [0.717, 1.165) is 60.6 Å². The van der Waals surface area contributed by atoms with E-state index in [2.05, 4.69) is 52.8 Å². The first-order valence-corrected chi connectivity index (χ1v) is 19.6. The van der Waals surface area contributed by atoms with Crippen LogP contribution in [0.4, 0.5) is 5.69 Å². The molecule has 0 saturated carbocycles. The molecule has 6 rings (SSSR count). The van der Waals surface area contributed by atoms with Crippen molar-refractivity contribution in [2.24, 2.45) is 11.8 Å². The fourth-order valence-electron chi connectivity index (χ4n) is 7.46. The summed E-state index contributed by atoms with van der Waals surface area (Å²) in [6, 6.07) is 10.9. The molecule has 0 bridgehead atoms. The Kier molecular flexibility index (Phi) is 11.6. The molecule has 278 valence electrons. The number of piperidine rings is 2. The van der Waals surface area contributed by atoms with Crippen molar-refractivity contribution in [2.45, 2.75) is 96.6 Å². The topological polar surface area (TPSA) is 136 Å². The highest BCUT2D eigenvalue weighted by Gasteiger charge is 2.39. The average Bonchev–Trinajstić information content (AvgIpc) is 3.62. The molecule has 52 heavy (non-hydrogen) atoms. The van der Waals surface area contributed by atoms with Gasteiger partial charge >= 0.3 is 5.97 Å². The molecule has 2 atom stereocenters. The van der Waals surface area contributed by atoms with Crippen LogP contribution in [0.3, 0.4) is 0 Å². The van der Waals surface area contributed by atoms with E-state index in [1.165, 1.54) is 35.5 Å². The Morgan fingerprint density at radius 3 is 2.27 bits per heavy atom. The number of amides is 3. The Morgan fingerprint density at radius 1 is 0.981 bits per heavy atom. The number of hydrogen-bond acceptors (Lipinski definition) is 8. The molecule has 2 N–H and O–H groups in total. The zero-order chi connectivity index (χ0) is 37.0. The highest BCUT2D eigenvalue weighted by atomic mass is 32.1. The van der Waals surface area contributed by atoms with Crippen LogP contribution in [0.15, 0.2) is 48.8 Å². The van der Waals surface area contributed by atoms with Gasteiger partial charge in [0.2, 0.25) is 11.8 Å². The number of nitrogens with one attached hydrogen (secondary N) is 1. The van der Waals surface area contributed by atoms with Crippen molar-refractivity contribution in [1.29, 1.82) is 0 Å². The number of carbonyl (C=O) groups excluding carboxylic acids is 3. The van der Waals surface area contributed by atoms with Crippen molar-refractivity contribution in [3.63, 3.8) is 0 Å². The van der Waals surface area contributed by atoms with E-state index in [9.17, 15) is 24.3 Å². The van der Waals surface area contributed by atoms with Gasteiger partial charge in [-0.15, -0.1) is 11.3 Å². The average molecular weight is 729 g/mol. The number of rotatable bonds is 12. The highest BCUT2D eigenvalue weighted by molar-refractivity contribution is 7.14. The van der Waals surface area contributed by atoms with Crippen molar-refractivity contribution >= 4 is 40.7 Å². The van der Waals surface area contributed by atoms with Gasteiger partial charge in [-0.2, -0.15) is 0 Å². The fourth-order valence-corrected chi connectivity index (χ4v) is 8.43. The van der Waals surface area contributed by atoms with E-state index in [-0.39, 0.29) is 36.7 Å². The van der Waals surface area contributed by atoms with Gasteiger partial charge in [0.15, 0.2) is 5.82 Å². The molecule has 3 saturated heterocycles. The number of carbonyl (C=O) groups is 4. The monoisotopic (exact) mass is 728 g/mol. The molecule has 1 aromatic carbocycles. The van der Waals surface area contributed by atoms with Crippen LogP contribution in [0.2, 0.25) is 0 Å². The van der Waals surface area contributed by atoms with E-state index >= 15 is 0 Å². The number of nitrogens with zero attached hydrogens (tertiary/aromatic N) is 5. The third kappa shape index (κ3) is 8.82. The van der Waals surface area contributed by atoms with Crippen LogP contribution in [0, 0.1) is 11.8 Å². The molecule has 3 aliphatic heterocycles. The second kappa shape index (κ2) is 16.1. The summed E-state index contributed by atoms with van der Waals surface area (Å²) in [6.07, 6.45) is 11.3. The van der Waals surface area contributed by atoms with Crippen LogP contribution in [0.1, 0.15) is 92.8 Å². The third-order valence-corrected chi connectivity index (χ3v) is 12.3. The number of anilines is 1. The quantitative estimate of drug-likeness (QED) is 0.240. The van der Waals surface area contributed by atoms with Gasteiger partial charge < -0.3 is 25.1 Å². The predicted octanol–water partition coefficient (Wildman–Crippen LogP) is 5.78. The van der Waals surface area contributed by atoms with Gasteiger partial charge in [-0.25, -0.2) is 9.97 Å². The number of hydrogen-bond donors (Lipinski definition) is 2. The fraction of sp³-hybridized carbons (Fsp3) is 0.550. The molecule has 3 aliphatic rings. The van der Waals surface area contributed by atoms with E-state index in [4.69, 9.17) is 0 Å². The maximum atomic E-state index is 13.5. The number of unbranched alkanes of at least 4 members (excludes halogenated alkanes) is 1. The molecule has 0 radical (unpaired) electrons. The van der Waals surface area contributed by atoms with Crippen LogP contribution in [0.25, 0.3) is 11.4 Å². The Hall–Kier alpha value is -4.32. The largest absolute Gasteiger partial charge is 0.481 e. The number of thiophene rings is 1. The molecule has 5 heterocycles. The van der Waals surface area contributed by atoms with Gasteiger partial charge in [0, 0.05) is 62.0 Å². The Labute approximate surface area is 310 Å². The van der Waals surface area contributed by atoms with Gasteiger partial charge in [0.1, 0.15) is 6.04 Å². The lowest BCUT2D eigenvalue weighted by Gasteiger charge is -2.42. The van der Waals surface area contributed by atoms with Crippen LogP contribution in [0.5, 0.6) is 0 Å². The second-order valence-corrected chi connectivity index (χ2v) is 16.8. The molecule has 11 nitrogen and oxygen atoms in total. The van der Waals surface area contributed by atoms with Crippen LogP contribution in [-0.4, -0.2) is 93.4 Å². The smallest absolute Gasteiger partial charge is 0.310 e. The first-order valence-electron chi connectivity index (χ1n) is 18.8. The van der Waals surface area contributed by atoms with Gasteiger partial charge in [-0.1, -0.05) is 64.8 Å². The molecule has 12 heteroatoms. The molecular formula is C40H52N6O5S. The highest BCUT2D eigenvalue weighted by Crippen LogP contribution is 2.31. The van der Waals surface area contributed by atoms with Crippen molar-refractivity contribution < 1.29 is 24.3 Å². The summed E-state index contributed by atoms with van der Waals surface area (Å²) in [5.74, 6) is -0.644. The predicted molar refractivity (Wildman–Crippen MR) is 202 cm³/mol. The van der Waals surface area contributed by atoms with Gasteiger partial charge in [0.05, 0.1) is 28.9 Å². The van der Waals surface area contributed by atoms with Crippen molar-refractivity contribution in [1.82, 2.24) is 25.1 Å². The standard InChI is InChI=1S/C40H52N6O5S/c1-5-6-7-26-14-19-46(35(47)21-26)30-15-17-44(18-16-30)31-22-41-36(42-23-31)28-10-8-27(9-11-28)20-32(38(49)45-24-29(25-45)39(50)51)43-37(48)33-12-13-34(52-33)40(2,3)4/h8-13,22-23,26,29-30,32H,5-7,14-21,24-25H2,1-4H3,(H,43,48)(H,50,51)/t26?,32-/m0/s1. The van der Waals surface area contributed by atoms with Crippen LogP contribution in [-0.2, 0) is 26.2 Å². The second-order valence-electron chi connectivity index (χ2n) is 15.7. The van der Waals surface area contributed by atoms with Gasteiger partial charge in [0.25, 0.3) is 5.91 Å². The third-order valence-electron chi connectivity index (χ3n) is 10.8. The molecule has 3 aromatic rings. The zero-order valence-electron chi connectivity index (χ0n) is 30.8. The first kappa shape index (κ1) is 37.4. The number of likely N-dealkylation sites (tertiary alicyclic amines) is 2. The minimum absolute atomic E-state index is 0.0988. The van der Waals surface area contributed by atoms with E-state index in [0.29, 0.717) is 35.0 Å². The van der Waals surface area contributed by atoms with Crippen molar-refractivity contribution in [3.05, 3.63) is 64.1 Å². The molecule has 0 aliphatic carbocycles. The molecule has 3 amide bonds. The lowest BCUT2D eigenvalue weighted by atomic mass is 9.89. The molecule has 3 fully saturated rings. The zero-order valence-corrected chi connectivity index (χ0v) is 31.7. The molecule has 0 spiro atoms. The Bertz CT molecular complexity index is 1720. The molecule has 2 aromatic heterocycles. The summed E-state index contributed by atoms with van der Waals surface area (Å²) in [5.41, 5.74) is 2.56. The summed E-state index contributed by atoms with van der Waals surface area (Å²) in [4.78, 5) is 68.0. The summed E-state index contributed by atoms with van der Waals surface area (Å²) in [7, 11) is 0. The minimum Gasteiger partial charge on any atom is -0.481 e. The number of aromatic nitrogens is 2.